The van der Waals surface area contributed by atoms with E-state index in [1.165, 1.54) is 21.5 Å². The van der Waals surface area contributed by atoms with Crippen LogP contribution in [0.15, 0.2) is 194 Å². The lowest BCUT2D eigenvalue weighted by Crippen LogP contribution is -2.00. The molecular weight excluding hydrogens is 629 g/mol. The number of nitrogen functional groups attached to an aromatic ring is 2. The van der Waals surface area contributed by atoms with Crippen molar-refractivity contribution >= 4 is 32.9 Å². The molecule has 0 saturated carbocycles. The van der Waals surface area contributed by atoms with Crippen LogP contribution in [-0.4, -0.2) is 0 Å². The van der Waals surface area contributed by atoms with Gasteiger partial charge in [-0.25, -0.2) is 0 Å². The van der Waals surface area contributed by atoms with Crippen molar-refractivity contribution in [1.82, 2.24) is 0 Å². The molecule has 0 saturated heterocycles. The molecular formula is C50H36N2. The third-order valence-corrected chi connectivity index (χ3v) is 10.2. The van der Waals surface area contributed by atoms with E-state index >= 15 is 0 Å². The van der Waals surface area contributed by atoms with Crippen molar-refractivity contribution in [3.63, 3.8) is 0 Å². The molecule has 9 aromatic carbocycles. The molecule has 0 bridgehead atoms. The topological polar surface area (TPSA) is 52.0 Å². The molecule has 9 rings (SSSR count). The Balaban J connectivity index is 1.47. The smallest absolute Gasteiger partial charge is 0.0400 e. The lowest BCUT2D eigenvalue weighted by atomic mass is 9.79. The monoisotopic (exact) mass is 664 g/mol. The van der Waals surface area contributed by atoms with Gasteiger partial charge in [0.2, 0.25) is 0 Å². The zero-order chi connectivity index (χ0) is 35.0. The molecule has 4 N–H and O–H groups in total. The number of fused-ring (bicyclic) bond motifs is 2. The summed E-state index contributed by atoms with van der Waals surface area (Å²) in [5.41, 5.74) is 28.5. The Morgan fingerprint density at radius 2 is 0.615 bits per heavy atom. The van der Waals surface area contributed by atoms with Gasteiger partial charge < -0.3 is 11.5 Å². The fraction of sp³-hybridized carbons (Fsp3) is 0. The molecule has 0 atom stereocenters. The average Bonchev–Trinajstić information content (AvgIpc) is 3.21. The van der Waals surface area contributed by atoms with Crippen LogP contribution in [0.2, 0.25) is 0 Å². The van der Waals surface area contributed by atoms with E-state index in [9.17, 15) is 0 Å². The van der Waals surface area contributed by atoms with Gasteiger partial charge in [0.25, 0.3) is 0 Å². The van der Waals surface area contributed by atoms with E-state index in [4.69, 9.17) is 11.5 Å². The molecule has 0 unspecified atom stereocenters. The number of benzene rings is 9. The molecule has 0 aliphatic heterocycles. The highest BCUT2D eigenvalue weighted by Gasteiger charge is 2.24. The largest absolute Gasteiger partial charge is 0.398 e. The van der Waals surface area contributed by atoms with Crippen molar-refractivity contribution in [3.8, 4) is 66.8 Å². The van der Waals surface area contributed by atoms with Gasteiger partial charge in [0.05, 0.1) is 0 Å². The Morgan fingerprint density at radius 1 is 0.250 bits per heavy atom. The zero-order valence-corrected chi connectivity index (χ0v) is 28.6. The Hall–Kier alpha value is -6.90. The van der Waals surface area contributed by atoms with Crippen LogP contribution in [0.1, 0.15) is 0 Å². The summed E-state index contributed by atoms with van der Waals surface area (Å²) >= 11 is 0. The Bertz CT molecular complexity index is 2720. The quantitative estimate of drug-likeness (QED) is 0.137. The summed E-state index contributed by atoms with van der Waals surface area (Å²) in [6.07, 6.45) is 0. The van der Waals surface area contributed by atoms with Gasteiger partial charge in [-0.05, 0) is 101 Å². The minimum Gasteiger partial charge on any atom is -0.398 e. The lowest BCUT2D eigenvalue weighted by molar-refractivity contribution is 1.54. The van der Waals surface area contributed by atoms with Crippen LogP contribution in [0, 0.1) is 0 Å². The Kier molecular flexibility index (Phi) is 7.83. The number of nitrogens with two attached hydrogens (primary N) is 2. The van der Waals surface area contributed by atoms with E-state index in [0.29, 0.717) is 0 Å². The molecule has 0 aliphatic rings. The second kappa shape index (κ2) is 13.1. The number of hydrogen-bond acceptors (Lipinski definition) is 2. The molecule has 2 heteroatoms. The minimum absolute atomic E-state index is 0.741. The number of hydrogen-bond donors (Lipinski definition) is 2. The first-order chi connectivity index (χ1) is 25.7. The summed E-state index contributed by atoms with van der Waals surface area (Å²) in [4.78, 5) is 0. The minimum atomic E-state index is 0.741. The van der Waals surface area contributed by atoms with Crippen LogP contribution in [0.3, 0.4) is 0 Å². The summed E-state index contributed by atoms with van der Waals surface area (Å²) in [7, 11) is 0. The standard InChI is InChI=1S/C50H36N2/c51-44-29-27-40(46(33-15-5-1-6-16-33)48(44)35-19-9-3-10-20-35)41-26-25-39-31-37-23-13-14-24-38(37)32-43(39)50(41)42-28-30-45(52)49(36-21-11-4-12-22-36)47(42)34-17-7-2-8-18-34/h1-32H,51-52H2. The van der Waals surface area contributed by atoms with E-state index in [1.807, 2.05) is 6.07 Å². The summed E-state index contributed by atoms with van der Waals surface area (Å²) in [6.45, 7) is 0. The van der Waals surface area contributed by atoms with Crippen LogP contribution < -0.4 is 11.5 Å². The first kappa shape index (κ1) is 31.1. The van der Waals surface area contributed by atoms with Gasteiger partial charge in [0, 0.05) is 22.5 Å². The molecule has 52 heavy (non-hydrogen) atoms. The predicted molar refractivity (Wildman–Crippen MR) is 223 cm³/mol. The van der Waals surface area contributed by atoms with Crippen molar-refractivity contribution in [3.05, 3.63) is 194 Å². The molecule has 246 valence electrons. The average molecular weight is 665 g/mol. The summed E-state index contributed by atoms with van der Waals surface area (Å²) in [5.74, 6) is 0. The predicted octanol–water partition coefficient (Wildman–Crippen LogP) is 13.2. The molecule has 0 amide bonds. The van der Waals surface area contributed by atoms with Gasteiger partial charge in [-0.3, -0.25) is 0 Å². The van der Waals surface area contributed by atoms with Gasteiger partial charge in [-0.2, -0.15) is 0 Å². The second-order valence-corrected chi connectivity index (χ2v) is 13.3. The Morgan fingerprint density at radius 3 is 1.12 bits per heavy atom. The van der Waals surface area contributed by atoms with Crippen molar-refractivity contribution in [1.29, 1.82) is 0 Å². The molecule has 0 aliphatic carbocycles. The zero-order valence-electron chi connectivity index (χ0n) is 28.6. The maximum Gasteiger partial charge on any atom is 0.0400 e. The molecule has 9 aromatic rings. The maximum atomic E-state index is 6.96. The SMILES string of the molecule is Nc1ccc(-c2ccc3cc4ccccc4cc3c2-c2ccc(N)c(-c3ccccc3)c2-c2ccccc2)c(-c2ccccc2)c1-c1ccccc1. The van der Waals surface area contributed by atoms with Crippen molar-refractivity contribution < 1.29 is 0 Å². The first-order valence-electron chi connectivity index (χ1n) is 17.7. The summed E-state index contributed by atoms with van der Waals surface area (Å²) in [5, 5.41) is 4.76. The van der Waals surface area contributed by atoms with Crippen LogP contribution in [0.5, 0.6) is 0 Å². The molecule has 0 heterocycles. The number of rotatable bonds is 6. The molecule has 0 radical (unpaired) electrons. The van der Waals surface area contributed by atoms with E-state index in [0.717, 1.165) is 78.1 Å². The van der Waals surface area contributed by atoms with Gasteiger partial charge >= 0.3 is 0 Å². The third kappa shape index (κ3) is 5.39. The maximum absolute atomic E-state index is 6.96. The normalized spacial score (nSPS) is 11.2. The van der Waals surface area contributed by atoms with Crippen LogP contribution >= 0.6 is 0 Å². The lowest BCUT2D eigenvalue weighted by Gasteiger charge is -2.24. The molecule has 2 nitrogen and oxygen atoms in total. The third-order valence-electron chi connectivity index (χ3n) is 10.2. The fourth-order valence-electron chi connectivity index (χ4n) is 7.84. The van der Waals surface area contributed by atoms with Crippen molar-refractivity contribution in [2.75, 3.05) is 11.5 Å². The summed E-state index contributed by atoms with van der Waals surface area (Å²) < 4.78 is 0. The van der Waals surface area contributed by atoms with Crippen LogP contribution in [0.4, 0.5) is 11.4 Å². The highest BCUT2D eigenvalue weighted by atomic mass is 14.6. The van der Waals surface area contributed by atoms with E-state index in [-0.39, 0.29) is 0 Å². The van der Waals surface area contributed by atoms with Gasteiger partial charge in [0.1, 0.15) is 0 Å². The summed E-state index contributed by atoms with van der Waals surface area (Å²) in [6, 6.07) is 68.7. The first-order valence-corrected chi connectivity index (χ1v) is 17.7. The Labute approximate surface area is 304 Å². The fourth-order valence-corrected chi connectivity index (χ4v) is 7.84. The number of anilines is 2. The van der Waals surface area contributed by atoms with Crippen molar-refractivity contribution in [2.24, 2.45) is 0 Å². The second-order valence-electron chi connectivity index (χ2n) is 13.3. The molecule has 0 aromatic heterocycles. The highest BCUT2D eigenvalue weighted by Crippen LogP contribution is 2.51. The van der Waals surface area contributed by atoms with Crippen LogP contribution in [-0.2, 0) is 0 Å². The molecule has 0 fully saturated rings. The molecule has 0 spiro atoms. The van der Waals surface area contributed by atoms with Gasteiger partial charge in [0.15, 0.2) is 0 Å². The van der Waals surface area contributed by atoms with E-state index in [2.05, 4.69) is 188 Å². The highest BCUT2D eigenvalue weighted by molar-refractivity contribution is 6.15. The van der Waals surface area contributed by atoms with Crippen molar-refractivity contribution in [2.45, 2.75) is 0 Å². The van der Waals surface area contributed by atoms with Gasteiger partial charge in [-0.15, -0.1) is 0 Å². The van der Waals surface area contributed by atoms with Gasteiger partial charge in [-0.1, -0.05) is 170 Å². The van der Waals surface area contributed by atoms with Crippen LogP contribution in [0.25, 0.3) is 88.3 Å². The van der Waals surface area contributed by atoms with E-state index < -0.39 is 0 Å². The van der Waals surface area contributed by atoms with E-state index in [1.54, 1.807) is 0 Å².